The van der Waals surface area contributed by atoms with Crippen molar-refractivity contribution in [3.05, 3.63) is 59.7 Å². The first-order valence-corrected chi connectivity index (χ1v) is 7.30. The summed E-state index contributed by atoms with van der Waals surface area (Å²) in [5, 5.41) is 14.0. The maximum atomic E-state index is 12.4. The Kier molecular flexibility index (Phi) is 5.48. The van der Waals surface area contributed by atoms with E-state index in [0.29, 0.717) is 11.3 Å². The predicted octanol–water partition coefficient (Wildman–Crippen LogP) is 3.35. The molecule has 0 aromatic heterocycles. The number of carbonyl (C=O) groups is 2. The summed E-state index contributed by atoms with van der Waals surface area (Å²) in [5.41, 5.74) is 2.76. The highest BCUT2D eigenvalue weighted by Crippen LogP contribution is 2.18. The van der Waals surface area contributed by atoms with E-state index in [4.69, 9.17) is 5.26 Å². The van der Waals surface area contributed by atoms with E-state index in [1.54, 1.807) is 30.3 Å². The van der Waals surface area contributed by atoms with Crippen molar-refractivity contribution in [2.24, 2.45) is 0 Å². The van der Waals surface area contributed by atoms with Crippen molar-refractivity contribution < 1.29 is 9.59 Å². The molecule has 0 spiro atoms. The second-order valence-electron chi connectivity index (χ2n) is 4.93. The highest BCUT2D eigenvalue weighted by atomic mass is 16.2. The maximum absolute atomic E-state index is 12.4. The molecule has 0 fully saturated rings. The van der Waals surface area contributed by atoms with Crippen molar-refractivity contribution in [1.82, 2.24) is 0 Å². The lowest BCUT2D eigenvalue weighted by atomic mass is 10.1. The number of aryl methyl sites for hydroxylation is 1. The summed E-state index contributed by atoms with van der Waals surface area (Å²) in [6, 6.07) is 16.0. The number of hydrogen-bond acceptors (Lipinski definition) is 3. The molecule has 0 saturated heterocycles. The third-order valence-electron chi connectivity index (χ3n) is 3.29. The SMILES string of the molecule is CCc1ccccc1NC(=O)c1cccc(NC(=O)CC#N)c1. The van der Waals surface area contributed by atoms with Crippen LogP contribution in [-0.2, 0) is 11.2 Å². The summed E-state index contributed by atoms with van der Waals surface area (Å²) in [6.45, 7) is 2.02. The van der Waals surface area contributed by atoms with Gasteiger partial charge in [0.15, 0.2) is 0 Å². The highest BCUT2D eigenvalue weighted by molar-refractivity contribution is 6.05. The van der Waals surface area contributed by atoms with Gasteiger partial charge in [0.25, 0.3) is 5.91 Å². The average Bonchev–Trinajstić information content (AvgIpc) is 2.55. The first-order valence-electron chi connectivity index (χ1n) is 7.30. The molecule has 0 bridgehead atoms. The molecule has 0 heterocycles. The molecule has 2 N–H and O–H groups in total. The Hall–Kier alpha value is -3.13. The number of amides is 2. The van der Waals surface area contributed by atoms with E-state index in [9.17, 15) is 9.59 Å². The van der Waals surface area contributed by atoms with Crippen molar-refractivity contribution in [3.63, 3.8) is 0 Å². The van der Waals surface area contributed by atoms with Crippen molar-refractivity contribution in [1.29, 1.82) is 5.26 Å². The first-order chi connectivity index (χ1) is 11.1. The number of para-hydroxylation sites is 1. The Morgan fingerprint density at radius 3 is 2.61 bits per heavy atom. The van der Waals surface area contributed by atoms with Gasteiger partial charge in [-0.3, -0.25) is 9.59 Å². The third-order valence-corrected chi connectivity index (χ3v) is 3.29. The van der Waals surface area contributed by atoms with Crippen molar-refractivity contribution in [2.75, 3.05) is 10.6 Å². The Bertz CT molecular complexity index is 763. The van der Waals surface area contributed by atoms with Gasteiger partial charge in [-0.25, -0.2) is 0 Å². The topological polar surface area (TPSA) is 82.0 Å². The van der Waals surface area contributed by atoms with Crippen LogP contribution in [0.2, 0.25) is 0 Å². The van der Waals surface area contributed by atoms with E-state index >= 15 is 0 Å². The number of rotatable bonds is 5. The lowest BCUT2D eigenvalue weighted by molar-refractivity contribution is -0.115. The van der Waals surface area contributed by atoms with E-state index in [-0.39, 0.29) is 12.3 Å². The van der Waals surface area contributed by atoms with Crippen LogP contribution in [0.15, 0.2) is 48.5 Å². The molecule has 5 nitrogen and oxygen atoms in total. The minimum atomic E-state index is -0.401. The standard InChI is InChI=1S/C18H17N3O2/c1-2-13-6-3-4-9-16(13)21-18(23)14-7-5-8-15(12-14)20-17(22)10-11-19/h3-9,12H,2,10H2,1H3,(H,20,22)(H,21,23). The van der Waals surface area contributed by atoms with E-state index < -0.39 is 5.91 Å². The van der Waals surface area contributed by atoms with Crippen LogP contribution in [0, 0.1) is 11.3 Å². The van der Waals surface area contributed by atoms with Gasteiger partial charge in [-0.1, -0.05) is 31.2 Å². The molecule has 23 heavy (non-hydrogen) atoms. The Morgan fingerprint density at radius 1 is 1.09 bits per heavy atom. The second-order valence-corrected chi connectivity index (χ2v) is 4.93. The fraction of sp³-hybridized carbons (Fsp3) is 0.167. The largest absolute Gasteiger partial charge is 0.325 e. The summed E-state index contributed by atoms with van der Waals surface area (Å²) in [7, 11) is 0. The molecule has 2 aromatic carbocycles. The smallest absolute Gasteiger partial charge is 0.255 e. The van der Waals surface area contributed by atoms with E-state index in [0.717, 1.165) is 17.7 Å². The number of benzene rings is 2. The van der Waals surface area contributed by atoms with Crippen molar-refractivity contribution in [2.45, 2.75) is 19.8 Å². The molecule has 0 saturated carbocycles. The highest BCUT2D eigenvalue weighted by Gasteiger charge is 2.10. The molecule has 0 aliphatic heterocycles. The number of hydrogen-bond donors (Lipinski definition) is 2. The minimum Gasteiger partial charge on any atom is -0.325 e. The van der Waals surface area contributed by atoms with Crippen LogP contribution < -0.4 is 10.6 Å². The monoisotopic (exact) mass is 307 g/mol. The summed E-state index contributed by atoms with van der Waals surface area (Å²) in [6.07, 6.45) is 0.598. The Labute approximate surface area is 134 Å². The molecular formula is C18H17N3O2. The molecule has 2 amide bonds. The number of nitrogens with one attached hydrogen (secondary N) is 2. The van der Waals surface area contributed by atoms with Gasteiger partial charge in [-0.05, 0) is 36.2 Å². The Balaban J connectivity index is 2.14. The van der Waals surface area contributed by atoms with Crippen LogP contribution in [0.3, 0.4) is 0 Å². The maximum Gasteiger partial charge on any atom is 0.255 e. The van der Waals surface area contributed by atoms with Gasteiger partial charge in [0.2, 0.25) is 5.91 Å². The van der Waals surface area contributed by atoms with Crippen LogP contribution in [0.25, 0.3) is 0 Å². The zero-order valence-corrected chi connectivity index (χ0v) is 12.8. The molecule has 0 radical (unpaired) electrons. The molecule has 2 aromatic rings. The van der Waals surface area contributed by atoms with Gasteiger partial charge in [0, 0.05) is 16.9 Å². The van der Waals surface area contributed by atoms with Crippen molar-refractivity contribution in [3.8, 4) is 6.07 Å². The zero-order chi connectivity index (χ0) is 16.7. The normalized spacial score (nSPS) is 9.74. The van der Waals surface area contributed by atoms with Crippen LogP contribution >= 0.6 is 0 Å². The lowest BCUT2D eigenvalue weighted by Gasteiger charge is -2.10. The predicted molar refractivity (Wildman–Crippen MR) is 89.1 cm³/mol. The minimum absolute atomic E-state index is 0.222. The van der Waals surface area contributed by atoms with E-state index in [1.807, 2.05) is 31.2 Å². The van der Waals surface area contributed by atoms with Gasteiger partial charge >= 0.3 is 0 Å². The van der Waals surface area contributed by atoms with E-state index in [2.05, 4.69) is 10.6 Å². The molecule has 0 unspecified atom stereocenters. The molecular weight excluding hydrogens is 290 g/mol. The fourth-order valence-electron chi connectivity index (χ4n) is 2.16. The zero-order valence-electron chi connectivity index (χ0n) is 12.8. The van der Waals surface area contributed by atoms with Gasteiger partial charge < -0.3 is 10.6 Å². The average molecular weight is 307 g/mol. The molecule has 0 aliphatic carbocycles. The second kappa shape index (κ2) is 7.76. The molecule has 0 aliphatic rings. The molecule has 5 heteroatoms. The number of carbonyl (C=O) groups excluding carboxylic acids is 2. The molecule has 0 atom stereocenters. The number of nitrogens with zero attached hydrogens (tertiary/aromatic N) is 1. The fourth-order valence-corrected chi connectivity index (χ4v) is 2.16. The van der Waals surface area contributed by atoms with E-state index in [1.165, 1.54) is 0 Å². The van der Waals surface area contributed by atoms with Gasteiger partial charge in [-0.15, -0.1) is 0 Å². The van der Waals surface area contributed by atoms with Crippen LogP contribution in [0.5, 0.6) is 0 Å². The van der Waals surface area contributed by atoms with Gasteiger partial charge in [-0.2, -0.15) is 5.26 Å². The summed E-state index contributed by atoms with van der Waals surface area (Å²) in [5.74, 6) is -0.649. The van der Waals surface area contributed by atoms with Gasteiger partial charge in [0.1, 0.15) is 6.42 Å². The molecule has 116 valence electrons. The van der Waals surface area contributed by atoms with Crippen LogP contribution in [0.1, 0.15) is 29.3 Å². The van der Waals surface area contributed by atoms with Crippen molar-refractivity contribution >= 4 is 23.2 Å². The summed E-state index contributed by atoms with van der Waals surface area (Å²) < 4.78 is 0. The van der Waals surface area contributed by atoms with Crippen LogP contribution in [0.4, 0.5) is 11.4 Å². The molecule has 2 rings (SSSR count). The first kappa shape index (κ1) is 16.2. The summed E-state index contributed by atoms with van der Waals surface area (Å²) in [4.78, 5) is 23.8. The Morgan fingerprint density at radius 2 is 1.87 bits per heavy atom. The summed E-state index contributed by atoms with van der Waals surface area (Å²) >= 11 is 0. The lowest BCUT2D eigenvalue weighted by Crippen LogP contribution is -2.14. The number of anilines is 2. The quantitative estimate of drug-likeness (QED) is 0.888. The van der Waals surface area contributed by atoms with Gasteiger partial charge in [0.05, 0.1) is 6.07 Å². The van der Waals surface area contributed by atoms with Crippen LogP contribution in [-0.4, -0.2) is 11.8 Å². The third kappa shape index (κ3) is 4.42. The number of nitriles is 1.